The molecule has 4 rings (SSSR count). The fraction of sp³-hybridized carbons (Fsp3) is 0.333. The minimum Gasteiger partial charge on any atom is -0.484 e. The summed E-state index contributed by atoms with van der Waals surface area (Å²) in [5.41, 5.74) is 1.97. The number of carbonyl (C=O) groups excluding carboxylic acids is 2. The van der Waals surface area contributed by atoms with Crippen LogP contribution in [0.5, 0.6) is 5.75 Å². The first-order valence-electron chi connectivity index (χ1n) is 12.7. The van der Waals surface area contributed by atoms with Crippen molar-refractivity contribution in [2.75, 3.05) is 6.61 Å². The molecule has 37 heavy (non-hydrogen) atoms. The zero-order valence-electron chi connectivity index (χ0n) is 20.7. The summed E-state index contributed by atoms with van der Waals surface area (Å²) in [5.74, 6) is 0.306. The van der Waals surface area contributed by atoms with Crippen LogP contribution in [-0.4, -0.2) is 35.4 Å². The standard InChI is InChI=1S/C30H32BrIN2O3/c31-24-13-11-23(12-14-24)20-34(29(35)21-37-27-17-15-25(32)16-18-27)28(19-22-7-3-1-4-8-22)30(36)33-26-9-5-2-6-10-26/h1,3-4,7-8,11-18,26,28H,2,5-6,9-10,19-21H2,(H,33,36)/t28-/m1/s1. The van der Waals surface area contributed by atoms with Gasteiger partial charge in [-0.2, -0.15) is 0 Å². The van der Waals surface area contributed by atoms with E-state index in [-0.39, 0.29) is 24.5 Å². The Balaban J connectivity index is 1.59. The number of hydrogen-bond acceptors (Lipinski definition) is 3. The van der Waals surface area contributed by atoms with Crippen LogP contribution >= 0.6 is 38.5 Å². The molecule has 0 radical (unpaired) electrons. The number of amides is 2. The Morgan fingerprint density at radius 1 is 0.919 bits per heavy atom. The third-order valence-corrected chi connectivity index (χ3v) is 7.91. The van der Waals surface area contributed by atoms with E-state index in [2.05, 4.69) is 43.8 Å². The summed E-state index contributed by atoms with van der Waals surface area (Å²) in [6, 6.07) is 24.8. The van der Waals surface area contributed by atoms with E-state index < -0.39 is 6.04 Å². The highest BCUT2D eigenvalue weighted by atomic mass is 127. The van der Waals surface area contributed by atoms with Crippen LogP contribution in [0.3, 0.4) is 0 Å². The predicted octanol–water partition coefficient (Wildman–Crippen LogP) is 6.52. The SMILES string of the molecule is O=C(NC1CCCCC1)[C@@H](Cc1ccccc1)N(Cc1ccc(Br)cc1)C(=O)COc1ccc(I)cc1. The van der Waals surface area contributed by atoms with E-state index in [1.165, 1.54) is 6.42 Å². The topological polar surface area (TPSA) is 58.6 Å². The van der Waals surface area contributed by atoms with Gasteiger partial charge in [-0.3, -0.25) is 9.59 Å². The van der Waals surface area contributed by atoms with Crippen molar-refractivity contribution in [2.45, 2.75) is 57.2 Å². The van der Waals surface area contributed by atoms with E-state index in [0.717, 1.165) is 44.9 Å². The monoisotopic (exact) mass is 674 g/mol. The molecule has 2 amide bonds. The fourth-order valence-electron chi connectivity index (χ4n) is 4.64. The summed E-state index contributed by atoms with van der Waals surface area (Å²) in [5, 5.41) is 3.27. The molecule has 3 aromatic carbocycles. The molecule has 0 spiro atoms. The van der Waals surface area contributed by atoms with E-state index >= 15 is 0 Å². The second-order valence-corrected chi connectivity index (χ2v) is 11.6. The molecule has 1 aliphatic carbocycles. The van der Waals surface area contributed by atoms with Gasteiger partial charge in [-0.15, -0.1) is 0 Å². The second-order valence-electron chi connectivity index (χ2n) is 9.44. The Morgan fingerprint density at radius 2 is 1.59 bits per heavy atom. The van der Waals surface area contributed by atoms with Gasteiger partial charge in [-0.05, 0) is 83.0 Å². The van der Waals surface area contributed by atoms with Crippen molar-refractivity contribution in [3.63, 3.8) is 0 Å². The van der Waals surface area contributed by atoms with Crippen LogP contribution in [0, 0.1) is 3.57 Å². The number of nitrogens with one attached hydrogen (secondary N) is 1. The maximum Gasteiger partial charge on any atom is 0.261 e. The van der Waals surface area contributed by atoms with Crippen molar-refractivity contribution in [3.8, 4) is 5.75 Å². The van der Waals surface area contributed by atoms with E-state index in [0.29, 0.717) is 18.7 Å². The average Bonchev–Trinajstić information content (AvgIpc) is 2.92. The molecular weight excluding hydrogens is 643 g/mol. The summed E-state index contributed by atoms with van der Waals surface area (Å²) >= 11 is 5.72. The van der Waals surface area contributed by atoms with Crippen LogP contribution in [-0.2, 0) is 22.6 Å². The Kier molecular flexibility index (Phi) is 10.4. The molecule has 0 unspecified atom stereocenters. The van der Waals surface area contributed by atoms with Crippen LogP contribution in [0.15, 0.2) is 83.3 Å². The molecule has 194 valence electrons. The van der Waals surface area contributed by atoms with Crippen molar-refractivity contribution in [1.82, 2.24) is 10.2 Å². The lowest BCUT2D eigenvalue weighted by atomic mass is 9.94. The molecule has 1 N–H and O–H groups in total. The van der Waals surface area contributed by atoms with Crippen molar-refractivity contribution in [3.05, 3.63) is 98.0 Å². The molecule has 0 bridgehead atoms. The highest BCUT2D eigenvalue weighted by molar-refractivity contribution is 14.1. The van der Waals surface area contributed by atoms with Gasteiger partial charge in [0.15, 0.2) is 6.61 Å². The van der Waals surface area contributed by atoms with E-state index in [1.54, 1.807) is 4.90 Å². The van der Waals surface area contributed by atoms with Crippen molar-refractivity contribution in [1.29, 1.82) is 0 Å². The second kappa shape index (κ2) is 14.0. The molecule has 1 saturated carbocycles. The van der Waals surface area contributed by atoms with Crippen LogP contribution in [0.25, 0.3) is 0 Å². The third kappa shape index (κ3) is 8.57. The molecule has 5 nitrogen and oxygen atoms in total. The van der Waals surface area contributed by atoms with E-state index in [4.69, 9.17) is 4.74 Å². The molecule has 1 aliphatic rings. The van der Waals surface area contributed by atoms with Gasteiger partial charge in [0, 0.05) is 27.1 Å². The maximum absolute atomic E-state index is 13.8. The number of hydrogen-bond donors (Lipinski definition) is 1. The summed E-state index contributed by atoms with van der Waals surface area (Å²) in [6.07, 6.45) is 5.87. The first kappa shape index (κ1) is 27.6. The van der Waals surface area contributed by atoms with Gasteiger partial charge in [0.25, 0.3) is 5.91 Å². The molecule has 0 aliphatic heterocycles. The summed E-state index contributed by atoms with van der Waals surface area (Å²) in [4.78, 5) is 29.1. The van der Waals surface area contributed by atoms with Gasteiger partial charge in [-0.1, -0.05) is 77.7 Å². The molecule has 0 saturated heterocycles. The van der Waals surface area contributed by atoms with Gasteiger partial charge in [0.2, 0.25) is 5.91 Å². The molecule has 7 heteroatoms. The molecule has 3 aromatic rings. The Hall–Kier alpha value is -2.39. The average molecular weight is 675 g/mol. The van der Waals surface area contributed by atoms with Crippen molar-refractivity contribution < 1.29 is 14.3 Å². The molecule has 0 heterocycles. The number of benzene rings is 3. The van der Waals surface area contributed by atoms with Gasteiger partial charge < -0.3 is 15.0 Å². The summed E-state index contributed by atoms with van der Waals surface area (Å²) < 4.78 is 7.91. The normalized spacial score (nSPS) is 14.5. The quantitative estimate of drug-likeness (QED) is 0.249. The number of nitrogens with zero attached hydrogens (tertiary/aromatic N) is 1. The number of halogens is 2. The minimum absolute atomic E-state index is 0.101. The first-order chi connectivity index (χ1) is 18.0. The minimum atomic E-state index is -0.652. The smallest absolute Gasteiger partial charge is 0.261 e. The van der Waals surface area contributed by atoms with Crippen molar-refractivity contribution >= 4 is 50.3 Å². The highest BCUT2D eigenvalue weighted by Crippen LogP contribution is 2.21. The fourth-order valence-corrected chi connectivity index (χ4v) is 5.27. The van der Waals surface area contributed by atoms with Crippen LogP contribution < -0.4 is 10.1 Å². The van der Waals surface area contributed by atoms with Crippen LogP contribution in [0.2, 0.25) is 0 Å². The van der Waals surface area contributed by atoms with E-state index in [9.17, 15) is 9.59 Å². The van der Waals surface area contributed by atoms with Gasteiger partial charge >= 0.3 is 0 Å². The van der Waals surface area contributed by atoms with Gasteiger partial charge in [-0.25, -0.2) is 0 Å². The van der Waals surface area contributed by atoms with Crippen LogP contribution in [0.4, 0.5) is 0 Å². The lowest BCUT2D eigenvalue weighted by Crippen LogP contribution is -2.53. The maximum atomic E-state index is 13.8. The predicted molar refractivity (Wildman–Crippen MR) is 158 cm³/mol. The Bertz CT molecular complexity index is 1150. The van der Waals surface area contributed by atoms with Crippen LogP contribution in [0.1, 0.15) is 43.2 Å². The van der Waals surface area contributed by atoms with Gasteiger partial charge in [0.05, 0.1) is 0 Å². The van der Waals surface area contributed by atoms with E-state index in [1.807, 2.05) is 78.9 Å². The Labute approximate surface area is 241 Å². The Morgan fingerprint density at radius 3 is 2.27 bits per heavy atom. The molecule has 1 fully saturated rings. The van der Waals surface area contributed by atoms with Gasteiger partial charge in [0.1, 0.15) is 11.8 Å². The lowest BCUT2D eigenvalue weighted by Gasteiger charge is -2.33. The molecule has 0 aromatic heterocycles. The first-order valence-corrected chi connectivity index (χ1v) is 14.6. The zero-order valence-corrected chi connectivity index (χ0v) is 24.5. The summed E-state index contributed by atoms with van der Waals surface area (Å²) in [7, 11) is 0. The largest absolute Gasteiger partial charge is 0.484 e. The summed E-state index contributed by atoms with van der Waals surface area (Å²) in [6.45, 7) is 0.177. The lowest BCUT2D eigenvalue weighted by molar-refractivity contribution is -0.143. The molecular formula is C30H32BrIN2O3. The highest BCUT2D eigenvalue weighted by Gasteiger charge is 2.32. The molecule has 1 atom stereocenters. The zero-order chi connectivity index (χ0) is 26.0. The number of ether oxygens (including phenoxy) is 1. The van der Waals surface area contributed by atoms with Crippen molar-refractivity contribution in [2.24, 2.45) is 0 Å². The third-order valence-electron chi connectivity index (χ3n) is 6.66. The number of rotatable bonds is 10. The number of carbonyl (C=O) groups is 2.